The summed E-state index contributed by atoms with van der Waals surface area (Å²) in [6.45, 7) is 3.34. The van der Waals surface area contributed by atoms with Gasteiger partial charge in [0.25, 0.3) is 5.91 Å². The van der Waals surface area contributed by atoms with Gasteiger partial charge in [-0.2, -0.15) is 18.3 Å². The highest BCUT2D eigenvalue weighted by molar-refractivity contribution is 5.96. The number of hydrogen-bond acceptors (Lipinski definition) is 2. The summed E-state index contributed by atoms with van der Waals surface area (Å²) in [6, 6.07) is 5.27. The topological polar surface area (TPSA) is 38.1 Å². The van der Waals surface area contributed by atoms with E-state index in [4.69, 9.17) is 0 Å². The number of nitrogens with zero attached hydrogens (tertiary/aromatic N) is 3. The highest BCUT2D eigenvalue weighted by Crippen LogP contribution is 2.32. The van der Waals surface area contributed by atoms with E-state index in [-0.39, 0.29) is 18.0 Å². The molecule has 2 rings (SSSR count). The molecule has 1 amide bonds. The van der Waals surface area contributed by atoms with Crippen molar-refractivity contribution in [3.05, 3.63) is 52.3 Å². The molecule has 23 heavy (non-hydrogen) atoms. The van der Waals surface area contributed by atoms with Crippen LogP contribution in [0.3, 0.4) is 0 Å². The third kappa shape index (κ3) is 3.38. The second kappa shape index (κ2) is 6.06. The summed E-state index contributed by atoms with van der Waals surface area (Å²) in [6.07, 6.45) is -4.44. The first kappa shape index (κ1) is 17.1. The fourth-order valence-corrected chi connectivity index (χ4v) is 2.54. The van der Waals surface area contributed by atoms with Crippen LogP contribution in [0.1, 0.15) is 32.9 Å². The molecule has 1 aromatic carbocycles. The molecule has 0 aliphatic rings. The maximum absolute atomic E-state index is 13.0. The summed E-state index contributed by atoms with van der Waals surface area (Å²) in [5.74, 6) is -0.343. The number of aryl methyl sites for hydroxylation is 2. The SMILES string of the molecule is Cc1nn(C)c(C)c1C(=O)N(C)Cc1ccccc1C(F)(F)F. The maximum Gasteiger partial charge on any atom is 0.416 e. The molecule has 0 bridgehead atoms. The minimum atomic E-state index is -4.44. The van der Waals surface area contributed by atoms with Crippen molar-refractivity contribution in [1.29, 1.82) is 0 Å². The summed E-state index contributed by atoms with van der Waals surface area (Å²) in [5, 5.41) is 4.17. The molecule has 0 atom stereocenters. The van der Waals surface area contributed by atoms with Gasteiger partial charge in [-0.3, -0.25) is 9.48 Å². The molecule has 0 spiro atoms. The van der Waals surface area contributed by atoms with E-state index < -0.39 is 11.7 Å². The number of hydrogen-bond donors (Lipinski definition) is 0. The van der Waals surface area contributed by atoms with Crippen LogP contribution in [0.25, 0.3) is 0 Å². The second-order valence-electron chi connectivity index (χ2n) is 5.49. The molecule has 0 unspecified atom stereocenters. The van der Waals surface area contributed by atoms with Gasteiger partial charge in [-0.1, -0.05) is 18.2 Å². The van der Waals surface area contributed by atoms with Gasteiger partial charge in [-0.15, -0.1) is 0 Å². The van der Waals surface area contributed by atoms with Gasteiger partial charge in [-0.05, 0) is 25.5 Å². The molecule has 1 aromatic heterocycles. The summed E-state index contributed by atoms with van der Waals surface area (Å²) in [7, 11) is 3.21. The third-order valence-electron chi connectivity index (χ3n) is 3.80. The average molecular weight is 325 g/mol. The van der Waals surface area contributed by atoms with Gasteiger partial charge < -0.3 is 4.90 Å². The van der Waals surface area contributed by atoms with Gasteiger partial charge >= 0.3 is 6.18 Å². The Morgan fingerprint density at radius 3 is 2.39 bits per heavy atom. The average Bonchev–Trinajstić information content (AvgIpc) is 2.71. The quantitative estimate of drug-likeness (QED) is 0.868. The Hall–Kier alpha value is -2.31. The number of carbonyl (C=O) groups excluding carboxylic acids is 1. The van der Waals surface area contributed by atoms with Crippen LogP contribution in [-0.2, 0) is 19.8 Å². The van der Waals surface area contributed by atoms with Crippen LogP contribution in [0, 0.1) is 13.8 Å². The Labute approximate surface area is 132 Å². The van der Waals surface area contributed by atoms with E-state index in [0.717, 1.165) is 6.07 Å². The lowest BCUT2D eigenvalue weighted by Crippen LogP contribution is -2.28. The number of carbonyl (C=O) groups is 1. The molecule has 2 aromatic rings. The first-order valence-electron chi connectivity index (χ1n) is 7.03. The van der Waals surface area contributed by atoms with E-state index >= 15 is 0 Å². The molecule has 0 saturated carbocycles. The molecular weight excluding hydrogens is 307 g/mol. The van der Waals surface area contributed by atoms with Crippen molar-refractivity contribution in [2.75, 3.05) is 7.05 Å². The molecule has 0 radical (unpaired) electrons. The normalized spacial score (nSPS) is 11.6. The van der Waals surface area contributed by atoms with Gasteiger partial charge in [0.05, 0.1) is 16.8 Å². The van der Waals surface area contributed by atoms with Crippen LogP contribution in [0.15, 0.2) is 24.3 Å². The molecule has 124 valence electrons. The number of aromatic nitrogens is 2. The maximum atomic E-state index is 13.0. The summed E-state index contributed by atoms with van der Waals surface area (Å²) in [4.78, 5) is 13.8. The van der Waals surface area contributed by atoms with Crippen molar-refractivity contribution in [2.45, 2.75) is 26.6 Å². The van der Waals surface area contributed by atoms with Crippen LogP contribution >= 0.6 is 0 Å². The molecule has 0 aliphatic carbocycles. The molecule has 4 nitrogen and oxygen atoms in total. The van der Waals surface area contributed by atoms with Gasteiger partial charge in [0, 0.05) is 26.3 Å². The minimum absolute atomic E-state index is 0.0649. The summed E-state index contributed by atoms with van der Waals surface area (Å²) in [5.41, 5.74) is 1.02. The van der Waals surface area contributed by atoms with Crippen molar-refractivity contribution in [3.8, 4) is 0 Å². The second-order valence-corrected chi connectivity index (χ2v) is 5.49. The zero-order valence-corrected chi connectivity index (χ0v) is 13.4. The first-order valence-corrected chi connectivity index (χ1v) is 7.03. The summed E-state index contributed by atoms with van der Waals surface area (Å²) >= 11 is 0. The molecule has 0 saturated heterocycles. The molecule has 0 fully saturated rings. The minimum Gasteiger partial charge on any atom is -0.337 e. The lowest BCUT2D eigenvalue weighted by molar-refractivity contribution is -0.138. The third-order valence-corrected chi connectivity index (χ3v) is 3.80. The smallest absolute Gasteiger partial charge is 0.337 e. The number of amides is 1. The van der Waals surface area contributed by atoms with E-state index in [1.54, 1.807) is 25.6 Å². The van der Waals surface area contributed by atoms with Crippen LogP contribution in [0.2, 0.25) is 0 Å². The summed E-state index contributed by atoms with van der Waals surface area (Å²) < 4.78 is 40.7. The van der Waals surface area contributed by atoms with Crippen molar-refractivity contribution in [3.63, 3.8) is 0 Å². The molecule has 7 heteroatoms. The van der Waals surface area contributed by atoms with Gasteiger partial charge in [-0.25, -0.2) is 0 Å². The van der Waals surface area contributed by atoms with Crippen molar-refractivity contribution in [2.24, 2.45) is 7.05 Å². The van der Waals surface area contributed by atoms with E-state index in [2.05, 4.69) is 5.10 Å². The van der Waals surface area contributed by atoms with Crippen molar-refractivity contribution in [1.82, 2.24) is 14.7 Å². The largest absolute Gasteiger partial charge is 0.416 e. The predicted octanol–water partition coefficient (Wildman–Crippen LogP) is 3.33. The highest BCUT2D eigenvalue weighted by Gasteiger charge is 2.33. The number of alkyl halides is 3. The fraction of sp³-hybridized carbons (Fsp3) is 0.375. The Kier molecular flexibility index (Phi) is 4.49. The first-order chi connectivity index (χ1) is 10.6. The van der Waals surface area contributed by atoms with Crippen molar-refractivity contribution >= 4 is 5.91 Å². The Morgan fingerprint density at radius 2 is 1.87 bits per heavy atom. The zero-order chi connectivity index (χ0) is 17.4. The van der Waals surface area contributed by atoms with Crippen LogP contribution in [0.5, 0.6) is 0 Å². The number of halogens is 3. The monoisotopic (exact) mass is 325 g/mol. The van der Waals surface area contributed by atoms with E-state index in [9.17, 15) is 18.0 Å². The predicted molar refractivity (Wildman–Crippen MR) is 79.9 cm³/mol. The van der Waals surface area contributed by atoms with Crippen LogP contribution in [0.4, 0.5) is 13.2 Å². The molecule has 0 aliphatic heterocycles. The van der Waals surface area contributed by atoms with Gasteiger partial charge in [0.15, 0.2) is 0 Å². The van der Waals surface area contributed by atoms with Crippen LogP contribution < -0.4 is 0 Å². The Morgan fingerprint density at radius 1 is 1.26 bits per heavy atom. The fourth-order valence-electron chi connectivity index (χ4n) is 2.54. The Balaban J connectivity index is 2.30. The highest BCUT2D eigenvalue weighted by atomic mass is 19.4. The molecular formula is C16H18F3N3O. The Bertz CT molecular complexity index is 735. The van der Waals surface area contributed by atoms with Crippen molar-refractivity contribution < 1.29 is 18.0 Å². The number of rotatable bonds is 3. The van der Waals surface area contributed by atoms with E-state index in [1.165, 1.54) is 30.1 Å². The lowest BCUT2D eigenvalue weighted by Gasteiger charge is -2.20. The van der Waals surface area contributed by atoms with E-state index in [0.29, 0.717) is 17.0 Å². The van der Waals surface area contributed by atoms with E-state index in [1.807, 2.05) is 0 Å². The molecule has 0 N–H and O–H groups in total. The lowest BCUT2D eigenvalue weighted by atomic mass is 10.1. The zero-order valence-electron chi connectivity index (χ0n) is 13.4. The number of benzene rings is 1. The standard InChI is InChI=1S/C16H18F3N3O/c1-10-14(11(2)22(4)20-10)15(23)21(3)9-12-7-5-6-8-13(12)16(17,18)19/h5-8H,9H2,1-4H3. The molecule has 1 heterocycles. The van der Waals surface area contributed by atoms with Crippen LogP contribution in [-0.4, -0.2) is 27.6 Å². The van der Waals surface area contributed by atoms with Gasteiger partial charge in [0.2, 0.25) is 0 Å². The van der Waals surface area contributed by atoms with Gasteiger partial charge in [0.1, 0.15) is 0 Å².